The van der Waals surface area contributed by atoms with E-state index in [-0.39, 0.29) is 0 Å². The molecule has 6 rings (SSSR count). The van der Waals surface area contributed by atoms with Crippen LogP contribution < -0.4 is 5.32 Å². The smallest absolute Gasteiger partial charge is 0.117 e. The molecular weight excluding hydrogens is 258 g/mol. The van der Waals surface area contributed by atoms with Crippen LogP contribution in [0, 0.1) is 29.6 Å². The van der Waals surface area contributed by atoms with Gasteiger partial charge in [0.1, 0.15) is 11.5 Å². The number of furan rings is 1. The Morgan fingerprint density at radius 1 is 1.00 bits per heavy atom. The van der Waals surface area contributed by atoms with E-state index >= 15 is 0 Å². The summed E-state index contributed by atoms with van der Waals surface area (Å²) in [6.07, 6.45) is 8.83. The predicted molar refractivity (Wildman–Crippen MR) is 82.9 cm³/mol. The van der Waals surface area contributed by atoms with Crippen molar-refractivity contribution in [3.8, 4) is 0 Å². The van der Waals surface area contributed by atoms with Crippen LogP contribution in [0.5, 0.6) is 0 Å². The molecule has 5 aliphatic rings. The van der Waals surface area contributed by atoms with Crippen LogP contribution in [0.25, 0.3) is 0 Å². The maximum Gasteiger partial charge on any atom is 0.117 e. The van der Waals surface area contributed by atoms with Crippen molar-refractivity contribution >= 4 is 0 Å². The van der Waals surface area contributed by atoms with Gasteiger partial charge in [-0.1, -0.05) is 6.92 Å². The summed E-state index contributed by atoms with van der Waals surface area (Å²) >= 11 is 0. The van der Waals surface area contributed by atoms with E-state index < -0.39 is 0 Å². The van der Waals surface area contributed by atoms with Crippen molar-refractivity contribution in [3.63, 3.8) is 0 Å². The summed E-state index contributed by atoms with van der Waals surface area (Å²) in [5.74, 6) is 7.97. The highest BCUT2D eigenvalue weighted by Crippen LogP contribution is 2.53. The zero-order chi connectivity index (χ0) is 14.0. The van der Waals surface area contributed by atoms with E-state index in [1.165, 1.54) is 37.9 Å². The zero-order valence-electron chi connectivity index (χ0n) is 13.1. The molecule has 2 atom stereocenters. The molecule has 5 fully saturated rings. The summed E-state index contributed by atoms with van der Waals surface area (Å²) in [4.78, 5) is 0. The molecule has 21 heavy (non-hydrogen) atoms. The first-order chi connectivity index (χ1) is 10.3. The van der Waals surface area contributed by atoms with Crippen molar-refractivity contribution in [1.82, 2.24) is 5.32 Å². The fourth-order valence-corrected chi connectivity index (χ4v) is 5.88. The molecule has 0 radical (unpaired) electrons. The van der Waals surface area contributed by atoms with Crippen molar-refractivity contribution in [3.05, 3.63) is 23.7 Å². The maximum absolute atomic E-state index is 6.06. The minimum absolute atomic E-state index is 0.708. The highest BCUT2D eigenvalue weighted by Gasteiger charge is 2.47. The molecule has 2 heteroatoms. The number of hydrogen-bond donors (Lipinski definition) is 1. The number of rotatable bonds is 4. The monoisotopic (exact) mass is 285 g/mol. The summed E-state index contributed by atoms with van der Waals surface area (Å²) in [5.41, 5.74) is 0. The van der Waals surface area contributed by atoms with Gasteiger partial charge in [0, 0.05) is 12.0 Å². The van der Waals surface area contributed by atoms with Gasteiger partial charge in [-0.3, -0.25) is 0 Å². The van der Waals surface area contributed by atoms with E-state index in [0.717, 1.165) is 47.9 Å². The van der Waals surface area contributed by atoms with Gasteiger partial charge in [-0.2, -0.15) is 0 Å². The fraction of sp³-hybridized carbons (Fsp3) is 0.789. The Bertz CT molecular complexity index is 505. The lowest BCUT2D eigenvalue weighted by molar-refractivity contribution is -0.0148. The molecule has 0 saturated heterocycles. The minimum Gasteiger partial charge on any atom is -0.464 e. The van der Waals surface area contributed by atoms with E-state index in [9.17, 15) is 0 Å². The highest BCUT2D eigenvalue weighted by atomic mass is 16.3. The van der Waals surface area contributed by atoms with E-state index in [2.05, 4.69) is 24.4 Å². The lowest BCUT2D eigenvalue weighted by Crippen LogP contribution is -2.54. The normalized spacial score (nSPS) is 47.0. The highest BCUT2D eigenvalue weighted by molar-refractivity contribution is 5.17. The van der Waals surface area contributed by atoms with Crippen molar-refractivity contribution in [2.24, 2.45) is 29.6 Å². The second-order valence-electron chi connectivity index (χ2n) is 8.46. The van der Waals surface area contributed by atoms with Crippen LogP contribution in [0.2, 0.25) is 0 Å². The average Bonchev–Trinajstić information content (AvgIpc) is 3.00. The molecule has 0 amide bonds. The van der Waals surface area contributed by atoms with E-state index in [1.807, 2.05) is 0 Å². The number of hydrogen-bond acceptors (Lipinski definition) is 2. The molecule has 0 aromatic carbocycles. The maximum atomic E-state index is 6.06. The van der Waals surface area contributed by atoms with Gasteiger partial charge in [-0.25, -0.2) is 0 Å². The standard InChI is InChI=1S/C19H27NO/c1-11-4-17(11)18-3-2-16(21-18)10-20-19-14-6-12-5-13(8-14)9-15(19)7-12/h2-3,11-15,17,19-20H,4-10H2,1H3. The van der Waals surface area contributed by atoms with E-state index in [1.54, 1.807) is 6.42 Å². The van der Waals surface area contributed by atoms with Gasteiger partial charge >= 0.3 is 0 Å². The van der Waals surface area contributed by atoms with Crippen LogP contribution in [0.1, 0.15) is 62.9 Å². The van der Waals surface area contributed by atoms with Gasteiger partial charge in [-0.15, -0.1) is 0 Å². The van der Waals surface area contributed by atoms with Gasteiger partial charge in [0.25, 0.3) is 0 Å². The third kappa shape index (κ3) is 2.18. The third-order valence-electron chi connectivity index (χ3n) is 6.90. The number of nitrogens with one attached hydrogen (secondary N) is 1. The van der Waals surface area contributed by atoms with E-state index in [0.29, 0.717) is 5.92 Å². The molecular formula is C19H27NO. The fourth-order valence-electron chi connectivity index (χ4n) is 5.88. The van der Waals surface area contributed by atoms with Gasteiger partial charge in [0.2, 0.25) is 0 Å². The van der Waals surface area contributed by atoms with Crippen LogP contribution >= 0.6 is 0 Å². The van der Waals surface area contributed by atoms with Gasteiger partial charge in [0.15, 0.2) is 0 Å². The van der Waals surface area contributed by atoms with Crippen LogP contribution in [0.4, 0.5) is 0 Å². The molecule has 5 aliphatic carbocycles. The largest absolute Gasteiger partial charge is 0.464 e. The van der Waals surface area contributed by atoms with Crippen LogP contribution in [-0.2, 0) is 6.54 Å². The molecule has 1 heterocycles. The Hall–Kier alpha value is -0.760. The van der Waals surface area contributed by atoms with Crippen molar-refractivity contribution < 1.29 is 4.42 Å². The zero-order valence-corrected chi connectivity index (χ0v) is 13.1. The van der Waals surface area contributed by atoms with Gasteiger partial charge in [-0.05, 0) is 80.2 Å². The molecule has 1 N–H and O–H groups in total. The molecule has 0 aliphatic heterocycles. The van der Waals surface area contributed by atoms with Gasteiger partial charge < -0.3 is 9.73 Å². The first-order valence-electron chi connectivity index (χ1n) is 9.08. The minimum atomic E-state index is 0.708. The topological polar surface area (TPSA) is 25.2 Å². The SMILES string of the molecule is CC1CC1c1ccc(CNC2C3CC4CC(C3)CC2C4)o1. The molecule has 114 valence electrons. The lowest BCUT2D eigenvalue weighted by atomic mass is 9.54. The average molecular weight is 285 g/mol. The van der Waals surface area contributed by atoms with Gasteiger partial charge in [0.05, 0.1) is 6.54 Å². The third-order valence-corrected chi connectivity index (χ3v) is 6.90. The summed E-state index contributed by atoms with van der Waals surface area (Å²) in [7, 11) is 0. The Labute approximate surface area is 127 Å². The van der Waals surface area contributed by atoms with Crippen molar-refractivity contribution in [2.45, 2.75) is 64.0 Å². The molecule has 5 saturated carbocycles. The Kier molecular flexibility index (Phi) is 2.80. The summed E-state index contributed by atoms with van der Waals surface area (Å²) in [6, 6.07) is 5.18. The summed E-state index contributed by atoms with van der Waals surface area (Å²) in [5, 5.41) is 3.87. The van der Waals surface area contributed by atoms with Crippen LogP contribution in [-0.4, -0.2) is 6.04 Å². The van der Waals surface area contributed by atoms with Crippen molar-refractivity contribution in [2.75, 3.05) is 0 Å². The Morgan fingerprint density at radius 2 is 1.67 bits per heavy atom. The lowest BCUT2D eigenvalue weighted by Gasteiger charge is -2.54. The van der Waals surface area contributed by atoms with Crippen molar-refractivity contribution in [1.29, 1.82) is 0 Å². The van der Waals surface area contributed by atoms with Crippen LogP contribution in [0.3, 0.4) is 0 Å². The summed E-state index contributed by atoms with van der Waals surface area (Å²) in [6.45, 7) is 3.26. The predicted octanol–water partition coefficient (Wildman–Crippen LogP) is 4.32. The molecule has 2 nitrogen and oxygen atoms in total. The Morgan fingerprint density at radius 3 is 2.29 bits per heavy atom. The summed E-state index contributed by atoms with van der Waals surface area (Å²) < 4.78 is 6.06. The molecule has 4 bridgehead atoms. The second kappa shape index (κ2) is 4.62. The molecule has 0 spiro atoms. The molecule has 1 aromatic rings. The first-order valence-corrected chi connectivity index (χ1v) is 9.08. The Balaban J connectivity index is 1.23. The second-order valence-corrected chi connectivity index (χ2v) is 8.46. The molecule has 1 aromatic heterocycles. The van der Waals surface area contributed by atoms with Crippen LogP contribution in [0.15, 0.2) is 16.5 Å². The van der Waals surface area contributed by atoms with E-state index in [4.69, 9.17) is 4.42 Å². The molecule has 2 unspecified atom stereocenters. The quantitative estimate of drug-likeness (QED) is 0.891. The first kappa shape index (κ1) is 12.8.